The number of rotatable bonds is 2. The molecule has 17 heavy (non-hydrogen) atoms. The van der Waals surface area contributed by atoms with Crippen LogP contribution < -0.4 is 4.90 Å². The Kier molecular flexibility index (Phi) is 3.23. The van der Waals surface area contributed by atoms with Gasteiger partial charge in [-0.2, -0.15) is 0 Å². The van der Waals surface area contributed by atoms with Crippen LogP contribution in [0.1, 0.15) is 51.3 Å². The predicted octanol–water partition coefficient (Wildman–Crippen LogP) is 4.02. The van der Waals surface area contributed by atoms with Gasteiger partial charge in [0.25, 0.3) is 0 Å². The number of hydrogen-bond donors (Lipinski definition) is 0. The Balaban J connectivity index is 2.42. The first-order valence-corrected chi connectivity index (χ1v) is 6.43. The smallest absolute Gasteiger partial charge is 0.133 e. The molecular formula is C15H22N2. The Hall–Kier alpha value is -1.31. The fraction of sp³-hybridized carbons (Fsp3) is 0.533. The third kappa shape index (κ3) is 2.36. The zero-order valence-corrected chi connectivity index (χ0v) is 11.5. The molecule has 0 aliphatic carbocycles. The Bertz CT molecular complexity index is 446. The third-order valence-corrected chi connectivity index (χ3v) is 3.39. The summed E-state index contributed by atoms with van der Waals surface area (Å²) in [6, 6.07) is 4.91. The molecule has 2 heterocycles. The van der Waals surface area contributed by atoms with Crippen LogP contribution >= 0.6 is 0 Å². The molecular weight excluding hydrogens is 208 g/mol. The number of allylic oxidation sites excluding steroid dienone is 1. The van der Waals surface area contributed by atoms with Gasteiger partial charge in [0.15, 0.2) is 0 Å². The summed E-state index contributed by atoms with van der Waals surface area (Å²) in [6.07, 6.45) is 3.42. The van der Waals surface area contributed by atoms with Crippen LogP contribution in [0.15, 0.2) is 23.9 Å². The van der Waals surface area contributed by atoms with Crippen LogP contribution in [0.2, 0.25) is 0 Å². The molecule has 2 heteroatoms. The minimum absolute atomic E-state index is 0.482. The van der Waals surface area contributed by atoms with Crippen LogP contribution in [-0.4, -0.2) is 11.0 Å². The Morgan fingerprint density at radius 3 is 2.53 bits per heavy atom. The summed E-state index contributed by atoms with van der Waals surface area (Å²) < 4.78 is 0. The molecule has 1 aromatic rings. The SMILES string of the molecule is CC1=CCC(C)N1c1cc(C)cc(C(C)C)n1. The third-order valence-electron chi connectivity index (χ3n) is 3.39. The lowest BCUT2D eigenvalue weighted by molar-refractivity contribution is 0.727. The van der Waals surface area contributed by atoms with Gasteiger partial charge in [0.05, 0.1) is 0 Å². The van der Waals surface area contributed by atoms with Gasteiger partial charge in [-0.05, 0) is 50.8 Å². The topological polar surface area (TPSA) is 16.1 Å². The Labute approximate surface area is 104 Å². The minimum atomic E-state index is 0.482. The minimum Gasteiger partial charge on any atom is -0.328 e. The van der Waals surface area contributed by atoms with Crippen molar-refractivity contribution in [2.75, 3.05) is 4.90 Å². The summed E-state index contributed by atoms with van der Waals surface area (Å²) in [4.78, 5) is 7.15. The van der Waals surface area contributed by atoms with Gasteiger partial charge < -0.3 is 4.90 Å². The second-order valence-electron chi connectivity index (χ2n) is 5.38. The van der Waals surface area contributed by atoms with E-state index in [1.165, 1.54) is 17.0 Å². The van der Waals surface area contributed by atoms with Gasteiger partial charge in [-0.25, -0.2) is 4.98 Å². The van der Waals surface area contributed by atoms with Crippen molar-refractivity contribution in [1.29, 1.82) is 0 Å². The van der Waals surface area contributed by atoms with E-state index in [0.29, 0.717) is 12.0 Å². The molecule has 1 atom stereocenters. The van der Waals surface area contributed by atoms with Gasteiger partial charge in [0.1, 0.15) is 5.82 Å². The van der Waals surface area contributed by atoms with Crippen LogP contribution in [0.3, 0.4) is 0 Å². The quantitative estimate of drug-likeness (QED) is 0.763. The molecule has 2 rings (SSSR count). The second-order valence-corrected chi connectivity index (χ2v) is 5.38. The van der Waals surface area contributed by atoms with Crippen LogP contribution in [-0.2, 0) is 0 Å². The van der Waals surface area contributed by atoms with Crippen molar-refractivity contribution in [3.8, 4) is 0 Å². The van der Waals surface area contributed by atoms with E-state index in [1.54, 1.807) is 0 Å². The van der Waals surface area contributed by atoms with E-state index in [9.17, 15) is 0 Å². The van der Waals surface area contributed by atoms with Crippen molar-refractivity contribution in [2.45, 2.75) is 53.0 Å². The van der Waals surface area contributed by atoms with Gasteiger partial charge in [-0.3, -0.25) is 0 Å². The molecule has 0 saturated carbocycles. The molecule has 92 valence electrons. The number of nitrogens with zero attached hydrogens (tertiary/aromatic N) is 2. The maximum Gasteiger partial charge on any atom is 0.133 e. The summed E-state index contributed by atoms with van der Waals surface area (Å²) >= 11 is 0. The summed E-state index contributed by atoms with van der Waals surface area (Å²) in [7, 11) is 0. The van der Waals surface area contributed by atoms with Gasteiger partial charge in [-0.1, -0.05) is 19.9 Å². The molecule has 1 aliphatic heterocycles. The van der Waals surface area contributed by atoms with Crippen LogP contribution in [0.4, 0.5) is 5.82 Å². The maximum absolute atomic E-state index is 4.80. The summed E-state index contributed by atoms with van der Waals surface area (Å²) in [5.41, 5.74) is 3.81. The first-order valence-electron chi connectivity index (χ1n) is 6.43. The monoisotopic (exact) mass is 230 g/mol. The Morgan fingerprint density at radius 2 is 2.00 bits per heavy atom. The molecule has 0 fully saturated rings. The van der Waals surface area contributed by atoms with E-state index in [4.69, 9.17) is 4.98 Å². The highest BCUT2D eigenvalue weighted by Gasteiger charge is 2.22. The molecule has 0 saturated heterocycles. The first kappa shape index (κ1) is 12.2. The fourth-order valence-corrected chi connectivity index (χ4v) is 2.39. The number of pyridine rings is 1. The van der Waals surface area contributed by atoms with Gasteiger partial charge in [0.2, 0.25) is 0 Å². The fourth-order valence-electron chi connectivity index (χ4n) is 2.39. The van der Waals surface area contributed by atoms with Crippen molar-refractivity contribution in [3.05, 3.63) is 35.2 Å². The molecule has 1 unspecified atom stereocenters. The van der Waals surface area contributed by atoms with E-state index < -0.39 is 0 Å². The number of aryl methyl sites for hydroxylation is 1. The molecule has 0 spiro atoms. The molecule has 0 aromatic carbocycles. The van der Waals surface area contributed by atoms with Crippen molar-refractivity contribution >= 4 is 5.82 Å². The van der Waals surface area contributed by atoms with Gasteiger partial charge in [0, 0.05) is 17.4 Å². The molecule has 0 bridgehead atoms. The molecule has 1 aliphatic rings. The van der Waals surface area contributed by atoms with Crippen molar-refractivity contribution in [1.82, 2.24) is 4.98 Å². The lowest BCUT2D eigenvalue weighted by atomic mass is 10.1. The highest BCUT2D eigenvalue weighted by molar-refractivity contribution is 5.51. The molecule has 0 N–H and O–H groups in total. The summed E-state index contributed by atoms with van der Waals surface area (Å²) in [5.74, 6) is 1.59. The van der Waals surface area contributed by atoms with Crippen molar-refractivity contribution < 1.29 is 0 Å². The number of hydrogen-bond acceptors (Lipinski definition) is 2. The zero-order chi connectivity index (χ0) is 12.6. The normalized spacial score (nSPS) is 20.0. The molecule has 2 nitrogen and oxygen atoms in total. The maximum atomic E-state index is 4.80. The first-order chi connectivity index (χ1) is 7.99. The molecule has 0 radical (unpaired) electrons. The highest BCUT2D eigenvalue weighted by atomic mass is 15.2. The summed E-state index contributed by atoms with van der Waals surface area (Å²) in [6.45, 7) is 11.0. The Morgan fingerprint density at radius 1 is 1.29 bits per heavy atom. The van der Waals surface area contributed by atoms with Gasteiger partial charge >= 0.3 is 0 Å². The molecule has 1 aromatic heterocycles. The van der Waals surface area contributed by atoms with Crippen LogP contribution in [0.25, 0.3) is 0 Å². The van der Waals surface area contributed by atoms with Gasteiger partial charge in [-0.15, -0.1) is 0 Å². The average Bonchev–Trinajstić information content (AvgIpc) is 2.57. The van der Waals surface area contributed by atoms with Crippen LogP contribution in [0, 0.1) is 6.92 Å². The van der Waals surface area contributed by atoms with E-state index >= 15 is 0 Å². The van der Waals surface area contributed by atoms with E-state index in [-0.39, 0.29) is 0 Å². The highest BCUT2D eigenvalue weighted by Crippen LogP contribution is 2.29. The standard InChI is InChI=1S/C15H22N2/c1-10(2)14-8-11(3)9-15(16-14)17-12(4)6-7-13(17)5/h6,8-10,13H,7H2,1-5H3. The van der Waals surface area contributed by atoms with E-state index in [2.05, 4.69) is 57.7 Å². The van der Waals surface area contributed by atoms with Crippen molar-refractivity contribution in [3.63, 3.8) is 0 Å². The van der Waals surface area contributed by atoms with E-state index in [0.717, 1.165) is 12.2 Å². The zero-order valence-electron chi connectivity index (χ0n) is 11.5. The van der Waals surface area contributed by atoms with Crippen LogP contribution in [0.5, 0.6) is 0 Å². The van der Waals surface area contributed by atoms with Crippen molar-refractivity contribution in [2.24, 2.45) is 0 Å². The lowest BCUT2D eigenvalue weighted by Gasteiger charge is -2.26. The summed E-state index contributed by atoms with van der Waals surface area (Å²) in [5, 5.41) is 0. The number of anilines is 1. The largest absolute Gasteiger partial charge is 0.328 e. The average molecular weight is 230 g/mol. The number of aromatic nitrogens is 1. The lowest BCUT2D eigenvalue weighted by Crippen LogP contribution is -2.27. The second kappa shape index (κ2) is 4.52. The van der Waals surface area contributed by atoms with E-state index in [1.807, 2.05) is 0 Å². The molecule has 0 amide bonds. The predicted molar refractivity (Wildman–Crippen MR) is 73.4 cm³/mol.